The van der Waals surface area contributed by atoms with E-state index in [-0.39, 0.29) is 25.5 Å². The first kappa shape index (κ1) is 26.2. The van der Waals surface area contributed by atoms with Gasteiger partial charge in [-0.25, -0.2) is 5.01 Å². The molecule has 1 aliphatic heterocycles. The molecule has 0 bridgehead atoms. The van der Waals surface area contributed by atoms with Gasteiger partial charge in [-0.3, -0.25) is 9.59 Å². The molecule has 7 nitrogen and oxygen atoms in total. The van der Waals surface area contributed by atoms with Crippen LogP contribution in [0.4, 0.5) is 0 Å². The first-order valence-corrected chi connectivity index (χ1v) is 12.3. The molecule has 184 valence electrons. The lowest BCUT2D eigenvalue weighted by Crippen LogP contribution is -2.38. The molecule has 0 unspecified atom stereocenters. The van der Waals surface area contributed by atoms with Crippen LogP contribution in [-0.2, 0) is 25.7 Å². The third-order valence-electron chi connectivity index (χ3n) is 5.44. The zero-order valence-corrected chi connectivity index (χ0v) is 22.0. The van der Waals surface area contributed by atoms with Gasteiger partial charge in [0.15, 0.2) is 11.5 Å². The van der Waals surface area contributed by atoms with Crippen molar-refractivity contribution in [3.63, 3.8) is 0 Å². The number of ether oxygens (including phenoxy) is 2. The monoisotopic (exact) mass is 539 g/mol. The average Bonchev–Trinajstić information content (AvgIpc) is 2.86. The van der Waals surface area contributed by atoms with E-state index in [4.69, 9.17) is 9.47 Å². The molecule has 0 aliphatic carbocycles. The summed E-state index contributed by atoms with van der Waals surface area (Å²) in [6.07, 6.45) is 2.38. The number of hydrogen-bond acceptors (Lipinski definition) is 6. The molecular formula is C27H30BrN3O4. The smallest absolute Gasteiger partial charge is 0.325 e. The summed E-state index contributed by atoms with van der Waals surface area (Å²) in [6.45, 7) is 7.80. The second-order valence-corrected chi connectivity index (χ2v) is 8.62. The zero-order chi connectivity index (χ0) is 25.4. The van der Waals surface area contributed by atoms with E-state index in [1.807, 2.05) is 55.5 Å². The Labute approximate surface area is 214 Å². The summed E-state index contributed by atoms with van der Waals surface area (Å²) in [6, 6.07) is 15.5. The van der Waals surface area contributed by atoms with Gasteiger partial charge in [0.05, 0.1) is 12.3 Å². The number of carbonyl (C=O) groups excluding carboxylic acids is 2. The molecule has 2 aromatic carbocycles. The van der Waals surface area contributed by atoms with Crippen LogP contribution in [0.3, 0.4) is 0 Å². The van der Waals surface area contributed by atoms with E-state index in [9.17, 15) is 9.59 Å². The van der Waals surface area contributed by atoms with Gasteiger partial charge in [0, 0.05) is 21.8 Å². The van der Waals surface area contributed by atoms with Gasteiger partial charge < -0.3 is 14.8 Å². The van der Waals surface area contributed by atoms with Gasteiger partial charge in [-0.1, -0.05) is 65.3 Å². The summed E-state index contributed by atoms with van der Waals surface area (Å²) in [5.41, 5.74) is 4.66. The van der Waals surface area contributed by atoms with E-state index in [2.05, 4.69) is 33.3 Å². The third-order valence-corrected chi connectivity index (χ3v) is 6.10. The Bertz CT molecular complexity index is 1170. The summed E-state index contributed by atoms with van der Waals surface area (Å²) in [5, 5.41) is 8.84. The summed E-state index contributed by atoms with van der Waals surface area (Å²) in [5.74, 6) is -0.623. The largest absolute Gasteiger partial charge is 0.486 e. The second kappa shape index (κ2) is 12.4. The van der Waals surface area contributed by atoms with Crippen LogP contribution in [0.15, 0.2) is 69.4 Å². The van der Waals surface area contributed by atoms with Gasteiger partial charge in [0.1, 0.15) is 13.2 Å². The van der Waals surface area contributed by atoms with Crippen LogP contribution in [0.1, 0.15) is 50.8 Å². The fraction of sp³-hybridized carbons (Fsp3) is 0.296. The van der Waals surface area contributed by atoms with E-state index >= 15 is 0 Å². The number of benzene rings is 2. The van der Waals surface area contributed by atoms with E-state index < -0.39 is 11.9 Å². The molecule has 0 radical (unpaired) electrons. The van der Waals surface area contributed by atoms with Gasteiger partial charge in [-0.2, -0.15) is 5.10 Å². The van der Waals surface area contributed by atoms with E-state index in [0.29, 0.717) is 5.76 Å². The highest BCUT2D eigenvalue weighted by molar-refractivity contribution is 9.10. The van der Waals surface area contributed by atoms with Crippen molar-refractivity contribution in [1.82, 2.24) is 10.3 Å². The maximum Gasteiger partial charge on any atom is 0.325 e. The minimum Gasteiger partial charge on any atom is -0.486 e. The summed E-state index contributed by atoms with van der Waals surface area (Å²) >= 11 is 3.69. The molecule has 0 aromatic heterocycles. The van der Waals surface area contributed by atoms with E-state index in [1.165, 1.54) is 0 Å². The van der Waals surface area contributed by atoms with Gasteiger partial charge >= 0.3 is 5.97 Å². The van der Waals surface area contributed by atoms with Crippen LogP contribution in [0.2, 0.25) is 0 Å². The molecule has 8 heteroatoms. The SMILES string of the molecule is C/C=N\N1C(C(=O)NCC(=O)OCC)=C(OCc2ccccc2)c2cccc(Br)c2/C1=C(\C)CC. The Hall–Kier alpha value is -3.39. The fourth-order valence-corrected chi connectivity index (χ4v) is 4.27. The molecule has 0 atom stereocenters. The zero-order valence-electron chi connectivity index (χ0n) is 20.4. The maximum atomic E-state index is 13.6. The number of allylic oxidation sites excluding steroid dienone is 1. The molecule has 1 heterocycles. The highest BCUT2D eigenvalue weighted by Gasteiger charge is 2.36. The number of amides is 1. The Morgan fingerprint density at radius 1 is 1.11 bits per heavy atom. The number of halogens is 1. The van der Waals surface area contributed by atoms with E-state index in [0.717, 1.165) is 38.9 Å². The predicted octanol–water partition coefficient (Wildman–Crippen LogP) is 5.48. The Morgan fingerprint density at radius 2 is 1.86 bits per heavy atom. The Morgan fingerprint density at radius 3 is 2.51 bits per heavy atom. The van der Waals surface area contributed by atoms with E-state index in [1.54, 1.807) is 25.1 Å². The van der Waals surface area contributed by atoms with Crippen LogP contribution in [0.25, 0.3) is 11.5 Å². The van der Waals surface area contributed by atoms with Crippen LogP contribution < -0.4 is 5.32 Å². The number of nitrogens with one attached hydrogen (secondary N) is 1. The predicted molar refractivity (Wildman–Crippen MR) is 141 cm³/mol. The van der Waals surface area contributed by atoms with Crippen molar-refractivity contribution in [3.05, 3.63) is 81.0 Å². The molecule has 35 heavy (non-hydrogen) atoms. The summed E-state index contributed by atoms with van der Waals surface area (Å²) in [4.78, 5) is 25.5. The van der Waals surface area contributed by atoms with Gasteiger partial charge in [0.25, 0.3) is 5.91 Å². The summed E-state index contributed by atoms with van der Waals surface area (Å²) < 4.78 is 12.2. The number of hydrogen-bond donors (Lipinski definition) is 1. The first-order chi connectivity index (χ1) is 16.9. The normalized spacial score (nSPS) is 14.6. The number of hydrazone groups is 1. The second-order valence-electron chi connectivity index (χ2n) is 7.77. The number of nitrogens with zero attached hydrogens (tertiary/aromatic N) is 2. The highest BCUT2D eigenvalue weighted by atomic mass is 79.9. The molecular weight excluding hydrogens is 510 g/mol. The van der Waals surface area contributed by atoms with Crippen molar-refractivity contribution in [1.29, 1.82) is 0 Å². The Balaban J connectivity index is 2.20. The van der Waals surface area contributed by atoms with Crippen molar-refractivity contribution in [2.75, 3.05) is 13.2 Å². The minimum absolute atomic E-state index is 0.205. The summed E-state index contributed by atoms with van der Waals surface area (Å²) in [7, 11) is 0. The molecule has 1 N–H and O–H groups in total. The molecule has 0 spiro atoms. The number of esters is 1. The molecule has 1 aliphatic rings. The highest BCUT2D eigenvalue weighted by Crippen LogP contribution is 2.44. The van der Waals surface area contributed by atoms with Gasteiger partial charge in [0.2, 0.25) is 0 Å². The van der Waals surface area contributed by atoms with Crippen LogP contribution >= 0.6 is 15.9 Å². The van der Waals surface area contributed by atoms with Crippen molar-refractivity contribution in [3.8, 4) is 0 Å². The molecule has 0 fully saturated rings. The minimum atomic E-state index is -0.516. The van der Waals surface area contributed by atoms with Gasteiger partial charge in [-0.05, 0) is 44.4 Å². The molecule has 1 amide bonds. The quantitative estimate of drug-likeness (QED) is 0.337. The maximum absolute atomic E-state index is 13.6. The lowest BCUT2D eigenvalue weighted by Gasteiger charge is -2.34. The lowest BCUT2D eigenvalue weighted by atomic mass is 9.93. The fourth-order valence-electron chi connectivity index (χ4n) is 3.71. The standard InChI is InChI=1S/C27H30BrN3O4/c1-5-18(4)24-23-20(14-11-15-21(23)28)26(35-17-19-12-9-8-10-13-19)25(31(24)30-6-2)27(33)29-16-22(32)34-7-3/h6,8-15H,5,7,16-17H2,1-4H3,(H,29,33)/b24-18-,30-6-. The van der Waals surface area contributed by atoms with Crippen LogP contribution in [-0.4, -0.2) is 36.3 Å². The number of carbonyl (C=O) groups is 2. The molecule has 0 saturated heterocycles. The molecule has 2 aromatic rings. The Kier molecular flexibility index (Phi) is 9.25. The van der Waals surface area contributed by atoms with Crippen LogP contribution in [0, 0.1) is 0 Å². The topological polar surface area (TPSA) is 80.2 Å². The first-order valence-electron chi connectivity index (χ1n) is 11.5. The number of fused-ring (bicyclic) bond motifs is 1. The van der Waals surface area contributed by atoms with Crippen LogP contribution in [0.5, 0.6) is 0 Å². The lowest BCUT2D eigenvalue weighted by molar-refractivity contribution is -0.143. The molecule has 0 saturated carbocycles. The van der Waals surface area contributed by atoms with Crippen molar-refractivity contribution < 1.29 is 19.1 Å². The van der Waals surface area contributed by atoms with Crippen molar-refractivity contribution in [2.45, 2.75) is 40.7 Å². The average molecular weight is 540 g/mol. The van der Waals surface area contributed by atoms with Gasteiger partial charge in [-0.15, -0.1) is 0 Å². The third kappa shape index (κ3) is 6.00. The number of rotatable bonds is 9. The van der Waals surface area contributed by atoms with Crippen molar-refractivity contribution in [2.24, 2.45) is 5.10 Å². The molecule has 3 rings (SSSR count). The van der Waals surface area contributed by atoms with Crippen molar-refractivity contribution >= 4 is 45.5 Å².